The molecule has 160 valence electrons. The Labute approximate surface area is 184 Å². The van der Waals surface area contributed by atoms with Crippen LogP contribution in [0.1, 0.15) is 23.7 Å². The van der Waals surface area contributed by atoms with Gasteiger partial charge in [-0.2, -0.15) is 4.98 Å². The lowest BCUT2D eigenvalue weighted by molar-refractivity contribution is -0.142. The minimum absolute atomic E-state index is 0.0616. The average molecular weight is 427 g/mol. The van der Waals surface area contributed by atoms with Gasteiger partial charge in [-0.1, -0.05) is 60.7 Å². The van der Waals surface area contributed by atoms with E-state index in [4.69, 9.17) is 14.9 Å². The van der Waals surface area contributed by atoms with Gasteiger partial charge in [0, 0.05) is 17.8 Å². The Morgan fingerprint density at radius 2 is 1.94 bits per heavy atom. The van der Waals surface area contributed by atoms with Gasteiger partial charge in [0.25, 0.3) is 6.01 Å². The van der Waals surface area contributed by atoms with Gasteiger partial charge in [0.1, 0.15) is 12.3 Å². The molecule has 7 heteroatoms. The van der Waals surface area contributed by atoms with Crippen LogP contribution in [0.3, 0.4) is 0 Å². The lowest BCUT2D eigenvalue weighted by Gasteiger charge is -2.26. The number of hydrogen-bond donors (Lipinski definition) is 1. The van der Waals surface area contributed by atoms with Crippen molar-refractivity contribution in [2.24, 2.45) is 0 Å². The Bertz CT molecular complexity index is 1290. The van der Waals surface area contributed by atoms with Gasteiger partial charge in [0.05, 0.1) is 5.57 Å². The predicted molar refractivity (Wildman–Crippen MR) is 118 cm³/mol. The van der Waals surface area contributed by atoms with E-state index in [1.165, 1.54) is 4.90 Å². The van der Waals surface area contributed by atoms with Crippen LogP contribution in [0.25, 0.3) is 11.3 Å². The lowest BCUT2D eigenvalue weighted by Crippen LogP contribution is -2.42. The highest BCUT2D eigenvalue weighted by molar-refractivity contribution is 6.14. The number of nitrogens with zero attached hydrogens (tertiary/aromatic N) is 2. The molecule has 1 aromatic heterocycles. The molecule has 7 nitrogen and oxygen atoms in total. The van der Waals surface area contributed by atoms with Crippen molar-refractivity contribution >= 4 is 17.9 Å². The third kappa shape index (κ3) is 2.57. The molecule has 1 spiro atoms. The second-order valence-electron chi connectivity index (χ2n) is 7.75. The summed E-state index contributed by atoms with van der Waals surface area (Å²) in [5.41, 5.74) is 7.59. The zero-order chi connectivity index (χ0) is 22.5. The van der Waals surface area contributed by atoms with E-state index >= 15 is 0 Å². The number of allylic oxidation sites excluding steroid dienone is 1. The Morgan fingerprint density at radius 1 is 1.22 bits per heavy atom. The molecule has 3 aromatic rings. The third-order valence-electron chi connectivity index (χ3n) is 6.01. The van der Waals surface area contributed by atoms with Crippen LogP contribution < -0.4 is 5.73 Å². The lowest BCUT2D eigenvalue weighted by atomic mass is 9.74. The molecule has 2 aliphatic rings. The minimum atomic E-state index is -1.48. The molecule has 0 bridgehead atoms. The van der Waals surface area contributed by atoms with Crippen molar-refractivity contribution in [3.05, 3.63) is 95.3 Å². The number of amides is 1. The summed E-state index contributed by atoms with van der Waals surface area (Å²) >= 11 is 0. The van der Waals surface area contributed by atoms with Gasteiger partial charge in [-0.05, 0) is 18.1 Å². The van der Waals surface area contributed by atoms with Crippen LogP contribution in [-0.4, -0.2) is 28.3 Å². The van der Waals surface area contributed by atoms with E-state index < -0.39 is 11.4 Å². The van der Waals surface area contributed by atoms with Gasteiger partial charge in [-0.15, -0.1) is 6.58 Å². The van der Waals surface area contributed by atoms with Gasteiger partial charge >= 0.3 is 5.97 Å². The summed E-state index contributed by atoms with van der Waals surface area (Å²) in [6.45, 7) is 5.82. The van der Waals surface area contributed by atoms with Crippen molar-refractivity contribution in [1.82, 2.24) is 9.88 Å². The van der Waals surface area contributed by atoms with Crippen LogP contribution in [0, 0.1) is 0 Å². The fourth-order valence-electron chi connectivity index (χ4n) is 4.69. The summed E-state index contributed by atoms with van der Waals surface area (Å²) in [5, 5.41) is 0. The normalized spacial score (nSPS) is 18.8. The number of fused-ring (bicyclic) bond motifs is 5. The van der Waals surface area contributed by atoms with Crippen LogP contribution in [0.2, 0.25) is 0 Å². The number of oxazole rings is 1. The molecule has 0 unspecified atom stereocenters. The second-order valence-corrected chi connectivity index (χ2v) is 7.75. The van der Waals surface area contributed by atoms with E-state index in [1.54, 1.807) is 13.0 Å². The SMILES string of the molecule is C=CCN1C(=O)[C@@]2(C(C(=O)OCc3ccccc3)=C1C)c1ccccc1-c1oc(N)nc12. The molecular weight excluding hydrogens is 406 g/mol. The summed E-state index contributed by atoms with van der Waals surface area (Å²) in [6.07, 6.45) is 1.62. The number of carbonyl (C=O) groups excluding carboxylic acids is 2. The molecule has 2 N–H and O–H groups in total. The maximum atomic E-state index is 14.0. The number of ether oxygens (including phenoxy) is 1. The minimum Gasteiger partial charge on any atom is -0.457 e. The van der Waals surface area contributed by atoms with Gasteiger partial charge in [0.15, 0.2) is 11.2 Å². The molecule has 0 fully saturated rings. The predicted octanol–water partition coefficient (Wildman–Crippen LogP) is 3.57. The number of rotatable bonds is 5. The fourth-order valence-corrected chi connectivity index (χ4v) is 4.69. The number of nitrogen functional groups attached to an aromatic ring is 1. The number of anilines is 1. The maximum absolute atomic E-state index is 14.0. The summed E-state index contributed by atoms with van der Waals surface area (Å²) in [6, 6.07) is 16.6. The number of esters is 1. The van der Waals surface area contributed by atoms with Crippen molar-refractivity contribution < 1.29 is 18.7 Å². The number of benzene rings is 2. The van der Waals surface area contributed by atoms with E-state index in [-0.39, 0.29) is 30.6 Å². The Kier molecular flexibility index (Phi) is 4.48. The molecule has 2 aromatic carbocycles. The highest BCUT2D eigenvalue weighted by Crippen LogP contribution is 2.57. The topological polar surface area (TPSA) is 98.7 Å². The molecule has 1 amide bonds. The summed E-state index contributed by atoms with van der Waals surface area (Å²) in [4.78, 5) is 33.4. The zero-order valence-electron chi connectivity index (χ0n) is 17.5. The van der Waals surface area contributed by atoms with Gasteiger partial charge in [-0.3, -0.25) is 4.79 Å². The molecule has 0 saturated heterocycles. The summed E-state index contributed by atoms with van der Waals surface area (Å²) < 4.78 is 11.4. The Hall–Kier alpha value is -4.13. The molecular formula is C25H21N3O4. The Balaban J connectivity index is 1.69. The first-order valence-corrected chi connectivity index (χ1v) is 10.2. The van der Waals surface area contributed by atoms with Crippen LogP contribution in [0.4, 0.5) is 6.01 Å². The van der Waals surface area contributed by atoms with Gasteiger partial charge in [-0.25, -0.2) is 4.79 Å². The van der Waals surface area contributed by atoms with Crippen molar-refractivity contribution in [3.63, 3.8) is 0 Å². The molecule has 1 aliphatic heterocycles. The largest absolute Gasteiger partial charge is 0.457 e. The molecule has 32 heavy (non-hydrogen) atoms. The molecule has 1 aliphatic carbocycles. The van der Waals surface area contributed by atoms with Crippen LogP contribution in [0.15, 0.2) is 82.9 Å². The monoisotopic (exact) mass is 427 g/mol. The highest BCUT2D eigenvalue weighted by Gasteiger charge is 2.63. The maximum Gasteiger partial charge on any atom is 0.337 e. The molecule has 0 saturated carbocycles. The molecule has 1 atom stereocenters. The average Bonchev–Trinajstić information content (AvgIpc) is 3.38. The first kappa shape index (κ1) is 19.8. The fraction of sp³-hybridized carbons (Fsp3) is 0.160. The van der Waals surface area contributed by atoms with Crippen LogP contribution in [-0.2, 0) is 26.3 Å². The number of aromatic nitrogens is 1. The Morgan fingerprint density at radius 3 is 2.69 bits per heavy atom. The molecule has 2 heterocycles. The van der Waals surface area contributed by atoms with Crippen molar-refractivity contribution in [3.8, 4) is 11.3 Å². The van der Waals surface area contributed by atoms with Crippen molar-refractivity contribution in [2.75, 3.05) is 12.3 Å². The second kappa shape index (κ2) is 7.23. The van der Waals surface area contributed by atoms with Gasteiger partial charge < -0.3 is 19.8 Å². The molecule has 0 radical (unpaired) electrons. The number of nitrogens with two attached hydrogens (primary N) is 1. The highest BCUT2D eigenvalue weighted by atomic mass is 16.5. The quantitative estimate of drug-likeness (QED) is 0.494. The first-order valence-electron chi connectivity index (χ1n) is 10.2. The first-order chi connectivity index (χ1) is 15.5. The van der Waals surface area contributed by atoms with Crippen molar-refractivity contribution in [2.45, 2.75) is 18.9 Å². The van der Waals surface area contributed by atoms with Crippen LogP contribution in [0.5, 0.6) is 0 Å². The van der Waals surface area contributed by atoms with Crippen LogP contribution >= 0.6 is 0 Å². The van der Waals surface area contributed by atoms with E-state index in [9.17, 15) is 9.59 Å². The standard InChI is InChI=1S/C25H21N3O4/c1-3-13-28-15(2)19(22(29)31-14-16-9-5-4-6-10-16)25(23(28)30)18-12-8-7-11-17(18)20-21(25)27-24(26)32-20/h3-12H,1,13-14H2,2H3,(H2,26,27)/t25-/m1/s1. The van der Waals surface area contributed by atoms with Gasteiger partial charge in [0.2, 0.25) is 5.91 Å². The summed E-state index contributed by atoms with van der Waals surface area (Å²) in [7, 11) is 0. The number of hydrogen-bond acceptors (Lipinski definition) is 6. The van der Waals surface area contributed by atoms with E-state index in [2.05, 4.69) is 11.6 Å². The summed E-state index contributed by atoms with van der Waals surface area (Å²) in [5.74, 6) is -0.496. The zero-order valence-corrected chi connectivity index (χ0v) is 17.5. The smallest absolute Gasteiger partial charge is 0.337 e. The van der Waals surface area contributed by atoms with E-state index in [0.29, 0.717) is 28.3 Å². The van der Waals surface area contributed by atoms with E-state index in [1.807, 2.05) is 54.6 Å². The van der Waals surface area contributed by atoms with Crippen molar-refractivity contribution in [1.29, 1.82) is 0 Å². The molecule has 5 rings (SSSR count). The number of carbonyl (C=O) groups is 2. The third-order valence-corrected chi connectivity index (χ3v) is 6.01. The van der Waals surface area contributed by atoms with E-state index in [0.717, 1.165) is 5.56 Å².